The molecule has 1 aromatic carbocycles. The molecule has 0 aliphatic rings. The minimum Gasteiger partial charge on any atom is -0.383 e. The van der Waals surface area contributed by atoms with E-state index >= 15 is 0 Å². The van der Waals surface area contributed by atoms with Crippen LogP contribution in [0.4, 0.5) is 10.2 Å². The molecule has 2 N–H and O–H groups in total. The standard InChI is InChI=1S/C13H15BrFN3/c1-13(2,3)18-7-17-11(12(18)16)9-5-4-8(14)6-10(9)15/h4-7H,16H2,1-3H3. The molecular formula is C13H15BrFN3. The highest BCUT2D eigenvalue weighted by atomic mass is 79.9. The summed E-state index contributed by atoms with van der Waals surface area (Å²) < 4.78 is 16.4. The number of rotatable bonds is 1. The highest BCUT2D eigenvalue weighted by Crippen LogP contribution is 2.31. The van der Waals surface area contributed by atoms with Gasteiger partial charge in [-0.3, -0.25) is 0 Å². The van der Waals surface area contributed by atoms with E-state index in [1.807, 2.05) is 25.3 Å². The van der Waals surface area contributed by atoms with Gasteiger partial charge in [-0.05, 0) is 39.0 Å². The molecule has 1 aromatic heterocycles. The van der Waals surface area contributed by atoms with Gasteiger partial charge >= 0.3 is 0 Å². The van der Waals surface area contributed by atoms with Gasteiger partial charge in [-0.25, -0.2) is 9.37 Å². The molecule has 0 saturated carbocycles. The molecule has 2 aromatic rings. The van der Waals surface area contributed by atoms with Crippen molar-refractivity contribution < 1.29 is 4.39 Å². The first kappa shape index (κ1) is 13.1. The first-order valence-electron chi connectivity index (χ1n) is 5.59. The predicted molar refractivity (Wildman–Crippen MR) is 74.7 cm³/mol. The summed E-state index contributed by atoms with van der Waals surface area (Å²) in [6.45, 7) is 6.06. The van der Waals surface area contributed by atoms with E-state index in [1.54, 1.807) is 18.5 Å². The quantitative estimate of drug-likeness (QED) is 0.870. The summed E-state index contributed by atoms with van der Waals surface area (Å²) in [7, 11) is 0. The second kappa shape index (κ2) is 4.39. The van der Waals surface area contributed by atoms with E-state index < -0.39 is 0 Å². The van der Waals surface area contributed by atoms with Crippen LogP contribution in [0.3, 0.4) is 0 Å². The van der Waals surface area contributed by atoms with E-state index in [0.717, 1.165) is 0 Å². The van der Waals surface area contributed by atoms with Crippen LogP contribution in [0, 0.1) is 5.82 Å². The van der Waals surface area contributed by atoms with Crippen molar-refractivity contribution in [2.24, 2.45) is 0 Å². The molecule has 0 fully saturated rings. The molecule has 1 heterocycles. The van der Waals surface area contributed by atoms with E-state index in [-0.39, 0.29) is 11.4 Å². The Kier molecular flexibility index (Phi) is 3.19. The molecule has 5 heteroatoms. The van der Waals surface area contributed by atoms with Gasteiger partial charge in [0.2, 0.25) is 0 Å². The van der Waals surface area contributed by atoms with Gasteiger partial charge in [-0.15, -0.1) is 0 Å². The summed E-state index contributed by atoms with van der Waals surface area (Å²) in [6, 6.07) is 4.85. The molecule has 0 aliphatic carbocycles. The molecule has 0 spiro atoms. The van der Waals surface area contributed by atoms with Crippen molar-refractivity contribution in [1.29, 1.82) is 0 Å². The van der Waals surface area contributed by atoms with E-state index in [1.165, 1.54) is 6.07 Å². The normalized spacial score (nSPS) is 11.8. The molecule has 0 amide bonds. The van der Waals surface area contributed by atoms with Gasteiger partial charge in [0.15, 0.2) is 0 Å². The Balaban J connectivity index is 2.56. The zero-order chi connectivity index (χ0) is 13.5. The maximum Gasteiger partial charge on any atom is 0.133 e. The molecule has 96 valence electrons. The highest BCUT2D eigenvalue weighted by Gasteiger charge is 2.20. The average Bonchev–Trinajstić information content (AvgIpc) is 2.60. The smallest absolute Gasteiger partial charge is 0.133 e. The lowest BCUT2D eigenvalue weighted by Crippen LogP contribution is -2.22. The van der Waals surface area contributed by atoms with Crippen LogP contribution in [-0.2, 0) is 5.54 Å². The Morgan fingerprint density at radius 2 is 2.00 bits per heavy atom. The molecule has 18 heavy (non-hydrogen) atoms. The molecule has 0 aliphatic heterocycles. The topological polar surface area (TPSA) is 43.8 Å². The number of hydrogen-bond acceptors (Lipinski definition) is 2. The molecule has 0 saturated heterocycles. The SMILES string of the molecule is CC(C)(C)n1cnc(-c2ccc(Br)cc2F)c1N. The van der Waals surface area contributed by atoms with Crippen molar-refractivity contribution in [3.05, 3.63) is 34.8 Å². The van der Waals surface area contributed by atoms with Crippen molar-refractivity contribution in [2.75, 3.05) is 5.73 Å². The van der Waals surface area contributed by atoms with Crippen molar-refractivity contribution >= 4 is 21.7 Å². The number of anilines is 1. The largest absolute Gasteiger partial charge is 0.383 e. The molecule has 0 radical (unpaired) electrons. The van der Waals surface area contributed by atoms with E-state index in [4.69, 9.17) is 5.73 Å². The molecule has 3 nitrogen and oxygen atoms in total. The third-order valence-corrected chi connectivity index (χ3v) is 3.21. The van der Waals surface area contributed by atoms with Crippen LogP contribution in [0.1, 0.15) is 20.8 Å². The second-order valence-corrected chi connectivity index (χ2v) is 6.06. The number of benzene rings is 1. The highest BCUT2D eigenvalue weighted by molar-refractivity contribution is 9.10. The average molecular weight is 312 g/mol. The second-order valence-electron chi connectivity index (χ2n) is 5.14. The molecule has 0 atom stereocenters. The van der Waals surface area contributed by atoms with E-state index in [2.05, 4.69) is 20.9 Å². The van der Waals surface area contributed by atoms with Gasteiger partial charge < -0.3 is 10.3 Å². The van der Waals surface area contributed by atoms with E-state index in [9.17, 15) is 4.39 Å². The van der Waals surface area contributed by atoms with Crippen LogP contribution in [0.2, 0.25) is 0 Å². The van der Waals surface area contributed by atoms with Gasteiger partial charge in [0.05, 0.1) is 6.33 Å². The van der Waals surface area contributed by atoms with Crippen LogP contribution in [-0.4, -0.2) is 9.55 Å². The fourth-order valence-electron chi connectivity index (χ4n) is 1.78. The number of nitrogen functional groups attached to an aromatic ring is 1. The van der Waals surface area contributed by atoms with Crippen LogP contribution < -0.4 is 5.73 Å². The molecule has 2 rings (SSSR count). The lowest BCUT2D eigenvalue weighted by molar-refractivity contribution is 0.402. The number of nitrogens with two attached hydrogens (primary N) is 1. The fraction of sp³-hybridized carbons (Fsp3) is 0.308. The Hall–Kier alpha value is -1.36. The van der Waals surface area contributed by atoms with Crippen molar-refractivity contribution in [3.63, 3.8) is 0 Å². The number of hydrogen-bond donors (Lipinski definition) is 1. The zero-order valence-electron chi connectivity index (χ0n) is 10.5. The first-order valence-corrected chi connectivity index (χ1v) is 6.38. The summed E-state index contributed by atoms with van der Waals surface area (Å²) in [5.41, 5.74) is 6.77. The third-order valence-electron chi connectivity index (χ3n) is 2.71. The van der Waals surface area contributed by atoms with Crippen molar-refractivity contribution in [1.82, 2.24) is 9.55 Å². The van der Waals surface area contributed by atoms with Gasteiger partial charge in [-0.2, -0.15) is 0 Å². The summed E-state index contributed by atoms with van der Waals surface area (Å²) in [6.07, 6.45) is 1.64. The lowest BCUT2D eigenvalue weighted by atomic mass is 10.1. The summed E-state index contributed by atoms with van der Waals surface area (Å²) >= 11 is 3.23. The third kappa shape index (κ3) is 2.27. The Morgan fingerprint density at radius 1 is 1.33 bits per heavy atom. The van der Waals surface area contributed by atoms with Crippen LogP contribution in [0.5, 0.6) is 0 Å². The predicted octanol–water partition coefficient (Wildman–Crippen LogP) is 3.79. The van der Waals surface area contributed by atoms with Crippen LogP contribution in [0.15, 0.2) is 29.0 Å². The van der Waals surface area contributed by atoms with Crippen LogP contribution >= 0.6 is 15.9 Å². The number of imidazole rings is 1. The van der Waals surface area contributed by atoms with Crippen LogP contribution in [0.25, 0.3) is 11.3 Å². The summed E-state index contributed by atoms with van der Waals surface area (Å²) in [5.74, 6) is 0.138. The minimum atomic E-state index is -0.338. The number of nitrogens with zero attached hydrogens (tertiary/aromatic N) is 2. The zero-order valence-corrected chi connectivity index (χ0v) is 12.1. The van der Waals surface area contributed by atoms with Gasteiger partial charge in [0.1, 0.15) is 17.3 Å². The lowest BCUT2D eigenvalue weighted by Gasteiger charge is -2.22. The first-order chi connectivity index (χ1) is 8.30. The maximum atomic E-state index is 13.9. The molecular weight excluding hydrogens is 297 g/mol. The number of aromatic nitrogens is 2. The Morgan fingerprint density at radius 3 is 2.50 bits per heavy atom. The molecule has 0 unspecified atom stereocenters. The van der Waals surface area contributed by atoms with E-state index in [0.29, 0.717) is 21.5 Å². The van der Waals surface area contributed by atoms with Crippen molar-refractivity contribution in [2.45, 2.75) is 26.3 Å². The van der Waals surface area contributed by atoms with Crippen molar-refractivity contribution in [3.8, 4) is 11.3 Å². The minimum absolute atomic E-state index is 0.179. The molecule has 0 bridgehead atoms. The Bertz CT molecular complexity index is 584. The Labute approximate surface area is 114 Å². The number of halogens is 2. The van der Waals surface area contributed by atoms with Gasteiger partial charge in [0.25, 0.3) is 0 Å². The van der Waals surface area contributed by atoms with Gasteiger partial charge in [-0.1, -0.05) is 15.9 Å². The summed E-state index contributed by atoms with van der Waals surface area (Å²) in [4.78, 5) is 4.23. The fourth-order valence-corrected chi connectivity index (χ4v) is 2.11. The maximum absolute atomic E-state index is 13.9. The summed E-state index contributed by atoms with van der Waals surface area (Å²) in [5, 5.41) is 0. The van der Waals surface area contributed by atoms with Gasteiger partial charge in [0, 0.05) is 15.6 Å². The monoisotopic (exact) mass is 311 g/mol.